The second-order valence-corrected chi connectivity index (χ2v) is 5.81. The van der Waals surface area contributed by atoms with E-state index in [9.17, 15) is 4.79 Å². The van der Waals surface area contributed by atoms with Crippen LogP contribution in [-0.2, 0) is 0 Å². The van der Waals surface area contributed by atoms with E-state index in [1.807, 2.05) is 18.2 Å². The van der Waals surface area contributed by atoms with E-state index in [1.54, 1.807) is 6.20 Å². The van der Waals surface area contributed by atoms with Gasteiger partial charge in [-0.25, -0.2) is 0 Å². The Kier molecular flexibility index (Phi) is 2.37. The van der Waals surface area contributed by atoms with Crippen LogP contribution in [0.5, 0.6) is 0 Å². The van der Waals surface area contributed by atoms with Crippen LogP contribution in [0.3, 0.4) is 0 Å². The first-order valence-electron chi connectivity index (χ1n) is 7.06. The fourth-order valence-corrected chi connectivity index (χ4v) is 2.92. The molecular weight excluding hydrogens is 238 g/mol. The zero-order valence-electron chi connectivity index (χ0n) is 10.7. The molecule has 0 bridgehead atoms. The SMILES string of the molecule is O=C(NC(C1CC1)C1CC1)c1cccc2cn[nH]c12. The Balaban J connectivity index is 1.60. The minimum atomic E-state index is 0.0404. The minimum Gasteiger partial charge on any atom is -0.349 e. The van der Waals surface area contributed by atoms with Crippen molar-refractivity contribution < 1.29 is 4.79 Å². The number of fused-ring (bicyclic) bond motifs is 1. The molecule has 0 spiro atoms. The van der Waals surface area contributed by atoms with Crippen LogP contribution < -0.4 is 5.32 Å². The Morgan fingerprint density at radius 3 is 2.68 bits per heavy atom. The first-order valence-corrected chi connectivity index (χ1v) is 7.06. The molecule has 1 aromatic heterocycles. The molecule has 4 nitrogen and oxygen atoms in total. The maximum absolute atomic E-state index is 12.5. The van der Waals surface area contributed by atoms with E-state index in [4.69, 9.17) is 0 Å². The van der Waals surface area contributed by atoms with Gasteiger partial charge in [-0.1, -0.05) is 12.1 Å². The first kappa shape index (κ1) is 11.0. The van der Waals surface area contributed by atoms with Gasteiger partial charge in [0.2, 0.25) is 0 Å². The average Bonchev–Trinajstić information content (AvgIpc) is 3.33. The van der Waals surface area contributed by atoms with Crippen molar-refractivity contribution in [2.24, 2.45) is 11.8 Å². The Labute approximate surface area is 111 Å². The zero-order chi connectivity index (χ0) is 12.8. The van der Waals surface area contributed by atoms with E-state index in [0.717, 1.165) is 22.7 Å². The maximum Gasteiger partial charge on any atom is 0.253 e. The number of nitrogens with zero attached hydrogens (tertiary/aromatic N) is 1. The van der Waals surface area contributed by atoms with Crippen molar-refractivity contribution in [2.75, 3.05) is 0 Å². The van der Waals surface area contributed by atoms with Crippen LogP contribution in [0.15, 0.2) is 24.4 Å². The van der Waals surface area contributed by atoms with Crippen molar-refractivity contribution in [2.45, 2.75) is 31.7 Å². The summed E-state index contributed by atoms with van der Waals surface area (Å²) in [5, 5.41) is 11.2. The van der Waals surface area contributed by atoms with Crippen LogP contribution in [-0.4, -0.2) is 22.1 Å². The molecule has 2 saturated carbocycles. The van der Waals surface area contributed by atoms with E-state index < -0.39 is 0 Å². The summed E-state index contributed by atoms with van der Waals surface area (Å²) < 4.78 is 0. The number of amides is 1. The van der Waals surface area contributed by atoms with E-state index in [-0.39, 0.29) is 5.91 Å². The zero-order valence-corrected chi connectivity index (χ0v) is 10.7. The molecule has 2 fully saturated rings. The van der Waals surface area contributed by atoms with Gasteiger partial charge >= 0.3 is 0 Å². The molecule has 0 atom stereocenters. The van der Waals surface area contributed by atoms with Gasteiger partial charge in [0, 0.05) is 11.4 Å². The third-order valence-electron chi connectivity index (χ3n) is 4.28. The number of hydrogen-bond acceptors (Lipinski definition) is 2. The molecule has 0 unspecified atom stereocenters. The number of rotatable bonds is 4. The predicted octanol–water partition coefficient (Wildman–Crippen LogP) is 2.48. The van der Waals surface area contributed by atoms with Crippen molar-refractivity contribution >= 4 is 16.8 Å². The number of hydrogen-bond donors (Lipinski definition) is 2. The van der Waals surface area contributed by atoms with Crippen molar-refractivity contribution in [3.05, 3.63) is 30.0 Å². The summed E-state index contributed by atoms with van der Waals surface area (Å²) in [4.78, 5) is 12.5. The number of aromatic nitrogens is 2. The van der Waals surface area contributed by atoms with Crippen LogP contribution in [0.4, 0.5) is 0 Å². The molecule has 1 aromatic carbocycles. The molecule has 1 amide bonds. The largest absolute Gasteiger partial charge is 0.349 e. The van der Waals surface area contributed by atoms with Gasteiger partial charge in [0.1, 0.15) is 0 Å². The molecule has 98 valence electrons. The molecule has 4 heteroatoms. The topological polar surface area (TPSA) is 57.8 Å². The number of aromatic amines is 1. The van der Waals surface area contributed by atoms with E-state index >= 15 is 0 Å². The van der Waals surface area contributed by atoms with Crippen molar-refractivity contribution in [3.63, 3.8) is 0 Å². The van der Waals surface area contributed by atoms with E-state index in [2.05, 4.69) is 15.5 Å². The summed E-state index contributed by atoms with van der Waals surface area (Å²) >= 11 is 0. The molecule has 0 saturated heterocycles. The third-order valence-corrected chi connectivity index (χ3v) is 4.28. The third kappa shape index (κ3) is 2.01. The Bertz CT molecular complexity index is 613. The standard InChI is InChI=1S/C15H17N3O/c19-15(17-13(9-4-5-9)10-6-7-10)12-3-1-2-11-8-16-18-14(11)12/h1-3,8-10,13H,4-7H2,(H,16,18)(H,17,19). The number of nitrogens with one attached hydrogen (secondary N) is 2. The van der Waals surface area contributed by atoms with Crippen molar-refractivity contribution in [1.82, 2.24) is 15.5 Å². The predicted molar refractivity (Wildman–Crippen MR) is 72.8 cm³/mol. The highest BCUT2D eigenvalue weighted by atomic mass is 16.1. The second-order valence-electron chi connectivity index (χ2n) is 5.81. The molecule has 0 radical (unpaired) electrons. The normalized spacial score (nSPS) is 19.0. The number of benzene rings is 1. The highest BCUT2D eigenvalue weighted by Crippen LogP contribution is 2.44. The van der Waals surface area contributed by atoms with E-state index in [0.29, 0.717) is 11.6 Å². The quantitative estimate of drug-likeness (QED) is 0.881. The van der Waals surface area contributed by atoms with Crippen molar-refractivity contribution in [1.29, 1.82) is 0 Å². The smallest absolute Gasteiger partial charge is 0.253 e. The van der Waals surface area contributed by atoms with Crippen LogP contribution in [0.2, 0.25) is 0 Å². The second kappa shape index (κ2) is 4.08. The molecule has 1 heterocycles. The lowest BCUT2D eigenvalue weighted by molar-refractivity contribution is 0.0928. The summed E-state index contributed by atoms with van der Waals surface area (Å²) in [5.74, 6) is 1.48. The summed E-state index contributed by atoms with van der Waals surface area (Å²) in [6.45, 7) is 0. The number of para-hydroxylation sites is 1. The van der Waals surface area contributed by atoms with Crippen LogP contribution in [0, 0.1) is 11.8 Å². The molecule has 4 rings (SSSR count). The highest BCUT2D eigenvalue weighted by molar-refractivity contribution is 6.05. The first-order chi connectivity index (χ1) is 9.33. The fraction of sp³-hybridized carbons (Fsp3) is 0.467. The summed E-state index contributed by atoms with van der Waals surface area (Å²) in [5.41, 5.74) is 1.55. The lowest BCUT2D eigenvalue weighted by Gasteiger charge is -2.17. The maximum atomic E-state index is 12.5. The van der Waals surface area contributed by atoms with E-state index in [1.165, 1.54) is 25.7 Å². The summed E-state index contributed by atoms with van der Waals surface area (Å²) in [6, 6.07) is 6.14. The van der Waals surface area contributed by atoms with Crippen LogP contribution >= 0.6 is 0 Å². The van der Waals surface area contributed by atoms with Gasteiger partial charge in [0.15, 0.2) is 0 Å². The van der Waals surface area contributed by atoms with Gasteiger partial charge in [-0.3, -0.25) is 9.89 Å². The highest BCUT2D eigenvalue weighted by Gasteiger charge is 2.42. The Morgan fingerprint density at radius 2 is 2.00 bits per heavy atom. The lowest BCUT2D eigenvalue weighted by atomic mass is 10.1. The van der Waals surface area contributed by atoms with Gasteiger partial charge in [-0.2, -0.15) is 5.10 Å². The number of H-pyrrole nitrogens is 1. The monoisotopic (exact) mass is 255 g/mol. The van der Waals surface area contributed by atoms with Crippen molar-refractivity contribution in [3.8, 4) is 0 Å². The summed E-state index contributed by atoms with van der Waals surface area (Å²) in [7, 11) is 0. The van der Waals surface area contributed by atoms with Gasteiger partial charge in [-0.15, -0.1) is 0 Å². The Hall–Kier alpha value is -1.84. The number of carbonyl (C=O) groups excluding carboxylic acids is 1. The minimum absolute atomic E-state index is 0.0404. The molecule has 19 heavy (non-hydrogen) atoms. The molecule has 2 N–H and O–H groups in total. The number of carbonyl (C=O) groups is 1. The molecule has 0 aliphatic heterocycles. The van der Waals surface area contributed by atoms with Gasteiger partial charge in [-0.05, 0) is 43.6 Å². The van der Waals surface area contributed by atoms with Gasteiger partial charge in [0.05, 0.1) is 17.3 Å². The lowest BCUT2D eigenvalue weighted by Crippen LogP contribution is -2.38. The molecule has 2 aromatic rings. The molecular formula is C15H17N3O. The van der Waals surface area contributed by atoms with Gasteiger partial charge < -0.3 is 5.32 Å². The summed E-state index contributed by atoms with van der Waals surface area (Å²) in [6.07, 6.45) is 6.85. The average molecular weight is 255 g/mol. The van der Waals surface area contributed by atoms with Gasteiger partial charge in [0.25, 0.3) is 5.91 Å². The van der Waals surface area contributed by atoms with Crippen LogP contribution in [0.1, 0.15) is 36.0 Å². The molecule has 2 aliphatic rings. The Morgan fingerprint density at radius 1 is 1.26 bits per heavy atom. The fourth-order valence-electron chi connectivity index (χ4n) is 2.92. The van der Waals surface area contributed by atoms with Crippen LogP contribution in [0.25, 0.3) is 10.9 Å². The molecule has 2 aliphatic carbocycles.